The second-order valence-electron chi connectivity index (χ2n) is 4.61. The minimum Gasteiger partial charge on any atom is -0.496 e. The van der Waals surface area contributed by atoms with Crippen LogP contribution >= 0.6 is 15.9 Å². The maximum atomic E-state index is 12.3. The fraction of sp³-hybridized carbons (Fsp3) is 0.500. The Morgan fingerprint density at radius 2 is 2.40 bits per heavy atom. The number of nitrogens with one attached hydrogen (secondary N) is 1. The summed E-state index contributed by atoms with van der Waals surface area (Å²) in [6.45, 7) is 3.89. The van der Waals surface area contributed by atoms with Crippen LogP contribution < -0.4 is 10.1 Å². The molecular weight excluding hydrogens is 324 g/mol. The van der Waals surface area contributed by atoms with Gasteiger partial charge in [0, 0.05) is 12.2 Å². The number of ether oxygens (including phenoxy) is 2. The lowest BCUT2D eigenvalue weighted by molar-refractivity contribution is 0.0144. The molecule has 0 aliphatic carbocycles. The number of amides is 2. The van der Waals surface area contributed by atoms with Crippen molar-refractivity contribution in [2.45, 2.75) is 19.4 Å². The lowest BCUT2D eigenvalue weighted by Gasteiger charge is -2.35. The molecule has 1 saturated heterocycles. The number of anilines is 1. The van der Waals surface area contributed by atoms with E-state index >= 15 is 0 Å². The summed E-state index contributed by atoms with van der Waals surface area (Å²) in [4.78, 5) is 14.2. The predicted octanol–water partition coefficient (Wildman–Crippen LogP) is 3.10. The Kier molecular flexibility index (Phi) is 5.25. The Bertz CT molecular complexity index is 481. The topological polar surface area (TPSA) is 50.8 Å². The molecule has 1 N–H and O–H groups in total. The Morgan fingerprint density at radius 3 is 3.05 bits per heavy atom. The number of halogens is 1. The lowest BCUT2D eigenvalue weighted by atomic mass is 10.2. The molecule has 0 unspecified atom stereocenters. The summed E-state index contributed by atoms with van der Waals surface area (Å²) >= 11 is 3.41. The van der Waals surface area contributed by atoms with Crippen LogP contribution in [0.25, 0.3) is 0 Å². The SMILES string of the molecule is CC[C@H]1COCCN1C(=O)Nc1ccc(OC)c(Br)c1. The van der Waals surface area contributed by atoms with Crippen LogP contribution in [-0.2, 0) is 4.74 Å². The zero-order valence-corrected chi connectivity index (χ0v) is 13.3. The Hall–Kier alpha value is -1.27. The van der Waals surface area contributed by atoms with Crippen LogP contribution in [0, 0.1) is 0 Å². The van der Waals surface area contributed by atoms with E-state index in [-0.39, 0.29) is 12.1 Å². The van der Waals surface area contributed by atoms with E-state index in [1.807, 2.05) is 23.1 Å². The predicted molar refractivity (Wildman–Crippen MR) is 81.3 cm³/mol. The van der Waals surface area contributed by atoms with Crippen molar-refractivity contribution in [1.29, 1.82) is 0 Å². The van der Waals surface area contributed by atoms with Gasteiger partial charge < -0.3 is 19.7 Å². The molecule has 2 rings (SSSR count). The molecule has 1 aliphatic rings. The molecule has 0 bridgehead atoms. The molecule has 110 valence electrons. The largest absolute Gasteiger partial charge is 0.496 e. The summed E-state index contributed by atoms with van der Waals surface area (Å²) in [5.41, 5.74) is 0.740. The quantitative estimate of drug-likeness (QED) is 0.918. The molecule has 1 aromatic rings. The summed E-state index contributed by atoms with van der Waals surface area (Å²) in [7, 11) is 1.61. The van der Waals surface area contributed by atoms with Crippen LogP contribution in [0.2, 0.25) is 0 Å². The van der Waals surface area contributed by atoms with E-state index in [1.54, 1.807) is 7.11 Å². The van der Waals surface area contributed by atoms with E-state index in [4.69, 9.17) is 9.47 Å². The van der Waals surface area contributed by atoms with Gasteiger partial charge in [0.05, 0.1) is 30.8 Å². The highest BCUT2D eigenvalue weighted by Gasteiger charge is 2.25. The maximum Gasteiger partial charge on any atom is 0.322 e. The second kappa shape index (κ2) is 6.95. The van der Waals surface area contributed by atoms with Crippen molar-refractivity contribution in [2.24, 2.45) is 0 Å². The molecule has 1 fully saturated rings. The van der Waals surface area contributed by atoms with Crippen LogP contribution in [0.3, 0.4) is 0 Å². The van der Waals surface area contributed by atoms with Gasteiger partial charge >= 0.3 is 6.03 Å². The first-order valence-electron chi connectivity index (χ1n) is 6.64. The maximum absolute atomic E-state index is 12.3. The number of urea groups is 1. The molecule has 0 aromatic heterocycles. The van der Waals surface area contributed by atoms with Gasteiger partial charge in [-0.25, -0.2) is 4.79 Å². The minimum atomic E-state index is -0.0859. The number of hydrogen-bond acceptors (Lipinski definition) is 3. The third-order valence-corrected chi connectivity index (χ3v) is 3.98. The number of carbonyl (C=O) groups is 1. The molecule has 20 heavy (non-hydrogen) atoms. The zero-order chi connectivity index (χ0) is 14.5. The molecule has 5 nitrogen and oxygen atoms in total. The Morgan fingerprint density at radius 1 is 1.60 bits per heavy atom. The van der Waals surface area contributed by atoms with Crippen molar-refractivity contribution in [3.05, 3.63) is 22.7 Å². The van der Waals surface area contributed by atoms with Crippen molar-refractivity contribution in [2.75, 3.05) is 32.2 Å². The van der Waals surface area contributed by atoms with Gasteiger partial charge in [-0.2, -0.15) is 0 Å². The first-order valence-corrected chi connectivity index (χ1v) is 7.44. The van der Waals surface area contributed by atoms with E-state index in [1.165, 1.54) is 0 Å². The lowest BCUT2D eigenvalue weighted by Crippen LogP contribution is -2.50. The summed E-state index contributed by atoms with van der Waals surface area (Å²) in [5, 5.41) is 2.91. The number of morpholine rings is 1. The highest BCUT2D eigenvalue weighted by molar-refractivity contribution is 9.10. The Labute approximate surface area is 127 Å². The average molecular weight is 343 g/mol. The van der Waals surface area contributed by atoms with Crippen molar-refractivity contribution in [1.82, 2.24) is 4.90 Å². The number of hydrogen-bond donors (Lipinski definition) is 1. The van der Waals surface area contributed by atoms with E-state index in [0.29, 0.717) is 19.8 Å². The molecule has 0 spiro atoms. The van der Waals surface area contributed by atoms with Gasteiger partial charge in [-0.3, -0.25) is 0 Å². The van der Waals surface area contributed by atoms with Gasteiger partial charge in [0.1, 0.15) is 5.75 Å². The van der Waals surface area contributed by atoms with Crippen molar-refractivity contribution < 1.29 is 14.3 Å². The van der Waals surface area contributed by atoms with E-state index in [0.717, 1.165) is 22.3 Å². The summed E-state index contributed by atoms with van der Waals surface area (Å²) in [6, 6.07) is 5.53. The third kappa shape index (κ3) is 3.43. The van der Waals surface area contributed by atoms with Gasteiger partial charge in [-0.05, 0) is 40.5 Å². The molecule has 0 radical (unpaired) electrons. The zero-order valence-electron chi connectivity index (χ0n) is 11.7. The van der Waals surface area contributed by atoms with Gasteiger partial charge in [0.25, 0.3) is 0 Å². The number of methoxy groups -OCH3 is 1. The van der Waals surface area contributed by atoms with E-state index in [2.05, 4.69) is 28.2 Å². The van der Waals surface area contributed by atoms with Gasteiger partial charge in [-0.15, -0.1) is 0 Å². The molecule has 6 heteroatoms. The van der Waals surface area contributed by atoms with Crippen molar-refractivity contribution in [3.63, 3.8) is 0 Å². The molecule has 1 aromatic carbocycles. The van der Waals surface area contributed by atoms with Gasteiger partial charge in [0.2, 0.25) is 0 Å². The number of benzene rings is 1. The minimum absolute atomic E-state index is 0.0859. The average Bonchev–Trinajstić information content (AvgIpc) is 2.47. The first kappa shape index (κ1) is 15.1. The fourth-order valence-electron chi connectivity index (χ4n) is 2.20. The molecule has 1 atom stereocenters. The van der Waals surface area contributed by atoms with Crippen LogP contribution in [0.15, 0.2) is 22.7 Å². The molecule has 1 heterocycles. The van der Waals surface area contributed by atoms with Gasteiger partial charge in [-0.1, -0.05) is 6.92 Å². The number of carbonyl (C=O) groups excluding carboxylic acids is 1. The second-order valence-corrected chi connectivity index (χ2v) is 5.46. The standard InChI is InChI=1S/C14H19BrN2O3/c1-3-11-9-20-7-6-17(11)14(18)16-10-4-5-13(19-2)12(15)8-10/h4-5,8,11H,3,6-7,9H2,1-2H3,(H,16,18)/t11-/m0/s1. The highest BCUT2D eigenvalue weighted by Crippen LogP contribution is 2.28. The van der Waals surface area contributed by atoms with Crippen LogP contribution in [0.5, 0.6) is 5.75 Å². The normalized spacial score (nSPS) is 18.8. The van der Waals surface area contributed by atoms with Crippen molar-refractivity contribution in [3.8, 4) is 5.75 Å². The van der Waals surface area contributed by atoms with Gasteiger partial charge in [0.15, 0.2) is 0 Å². The van der Waals surface area contributed by atoms with E-state index in [9.17, 15) is 4.79 Å². The molecular formula is C14H19BrN2O3. The first-order chi connectivity index (χ1) is 9.65. The molecule has 2 amide bonds. The fourth-order valence-corrected chi connectivity index (χ4v) is 2.74. The summed E-state index contributed by atoms with van der Waals surface area (Å²) in [5.74, 6) is 0.737. The summed E-state index contributed by atoms with van der Waals surface area (Å²) < 4.78 is 11.4. The Balaban J connectivity index is 2.05. The molecule has 0 saturated carbocycles. The number of nitrogens with zero attached hydrogens (tertiary/aromatic N) is 1. The highest BCUT2D eigenvalue weighted by atomic mass is 79.9. The van der Waals surface area contributed by atoms with Crippen LogP contribution in [0.4, 0.5) is 10.5 Å². The van der Waals surface area contributed by atoms with Crippen LogP contribution in [0.1, 0.15) is 13.3 Å². The molecule has 1 aliphatic heterocycles. The monoisotopic (exact) mass is 342 g/mol. The summed E-state index contributed by atoms with van der Waals surface area (Å²) in [6.07, 6.45) is 0.889. The number of rotatable bonds is 3. The van der Waals surface area contributed by atoms with Crippen LogP contribution in [-0.4, -0.2) is 43.8 Å². The van der Waals surface area contributed by atoms with Crippen molar-refractivity contribution >= 4 is 27.6 Å². The smallest absolute Gasteiger partial charge is 0.322 e. The van der Waals surface area contributed by atoms with E-state index < -0.39 is 0 Å². The third-order valence-electron chi connectivity index (χ3n) is 3.36.